The number of hydrogen-bond donors (Lipinski definition) is 2. The Hall–Kier alpha value is -2.48. The van der Waals surface area contributed by atoms with Crippen LogP contribution in [0.4, 0.5) is 27.5 Å². The summed E-state index contributed by atoms with van der Waals surface area (Å²) in [5.74, 6) is -0.642. The van der Waals surface area contributed by atoms with Crippen LogP contribution in [0.25, 0.3) is 0 Å². The number of anilines is 3. The number of rotatable bonds is 4. The average molecular weight is 312 g/mol. The minimum absolute atomic E-state index is 0.00856. The summed E-state index contributed by atoms with van der Waals surface area (Å²) in [7, 11) is 1.57. The first-order valence-electron chi connectivity index (χ1n) is 5.86. The first-order valence-corrected chi connectivity index (χ1v) is 6.23. The molecule has 0 saturated carbocycles. The highest BCUT2D eigenvalue weighted by molar-refractivity contribution is 6.31. The monoisotopic (exact) mass is 311 g/mol. The Labute approximate surface area is 124 Å². The zero-order chi connectivity index (χ0) is 15.6. The van der Waals surface area contributed by atoms with Crippen molar-refractivity contribution < 1.29 is 9.31 Å². The first kappa shape index (κ1) is 14.9. The SMILES string of the molecule is CNc1nc(C)c([N+](=O)[O-])c(Nc2cccc(Cl)c2F)n1. The van der Waals surface area contributed by atoms with Crippen LogP contribution >= 0.6 is 11.6 Å². The maximum atomic E-state index is 13.9. The lowest BCUT2D eigenvalue weighted by Gasteiger charge is -2.10. The largest absolute Gasteiger partial charge is 0.357 e. The number of aryl methyl sites for hydroxylation is 1. The standard InChI is InChI=1S/C12H11ClFN5O2/c1-6-10(19(20)21)11(18-12(15-2)16-6)17-8-5-3-4-7(13)9(8)14/h3-5H,1-2H3,(H2,15,16,17,18). The fraction of sp³-hybridized carbons (Fsp3) is 0.167. The first-order chi connectivity index (χ1) is 9.93. The number of benzene rings is 1. The highest BCUT2D eigenvalue weighted by Crippen LogP contribution is 2.31. The van der Waals surface area contributed by atoms with Crippen LogP contribution in [-0.4, -0.2) is 21.9 Å². The molecule has 2 rings (SSSR count). The van der Waals surface area contributed by atoms with E-state index < -0.39 is 10.7 Å². The number of aromatic nitrogens is 2. The fourth-order valence-corrected chi connectivity index (χ4v) is 1.89. The van der Waals surface area contributed by atoms with Gasteiger partial charge in [0.15, 0.2) is 5.82 Å². The van der Waals surface area contributed by atoms with E-state index in [1.54, 1.807) is 7.05 Å². The van der Waals surface area contributed by atoms with E-state index in [4.69, 9.17) is 11.6 Å². The molecular weight excluding hydrogens is 301 g/mol. The molecule has 0 aliphatic heterocycles. The van der Waals surface area contributed by atoms with Gasteiger partial charge < -0.3 is 10.6 Å². The molecule has 0 amide bonds. The third-order valence-corrected chi connectivity index (χ3v) is 2.96. The Balaban J connectivity index is 2.54. The van der Waals surface area contributed by atoms with Gasteiger partial charge in [-0.05, 0) is 19.1 Å². The van der Waals surface area contributed by atoms with Crippen LogP contribution in [0.5, 0.6) is 0 Å². The lowest BCUT2D eigenvalue weighted by Crippen LogP contribution is -2.07. The Morgan fingerprint density at radius 3 is 2.71 bits per heavy atom. The van der Waals surface area contributed by atoms with E-state index in [0.717, 1.165) is 0 Å². The minimum atomic E-state index is -0.712. The topological polar surface area (TPSA) is 93.0 Å². The average Bonchev–Trinajstić information content (AvgIpc) is 2.42. The summed E-state index contributed by atoms with van der Waals surface area (Å²) in [5, 5.41) is 16.3. The number of hydrogen-bond acceptors (Lipinski definition) is 6. The molecule has 9 heteroatoms. The Morgan fingerprint density at radius 1 is 1.38 bits per heavy atom. The molecule has 0 fully saturated rings. The molecule has 1 aromatic heterocycles. The molecular formula is C12H11ClFN5O2. The van der Waals surface area contributed by atoms with E-state index >= 15 is 0 Å². The lowest BCUT2D eigenvalue weighted by atomic mass is 10.3. The summed E-state index contributed by atoms with van der Waals surface area (Å²) in [6, 6.07) is 4.30. The van der Waals surface area contributed by atoms with Gasteiger partial charge in [0.1, 0.15) is 5.69 Å². The molecule has 0 aliphatic carbocycles. The summed E-state index contributed by atoms with van der Waals surface area (Å²) in [6.07, 6.45) is 0. The summed E-state index contributed by atoms with van der Waals surface area (Å²) in [6.45, 7) is 1.47. The summed E-state index contributed by atoms with van der Waals surface area (Å²) in [5.41, 5.74) is -0.177. The molecule has 2 N–H and O–H groups in total. The molecule has 0 aliphatic rings. The van der Waals surface area contributed by atoms with Crippen LogP contribution in [0.2, 0.25) is 5.02 Å². The van der Waals surface area contributed by atoms with Crippen molar-refractivity contribution in [3.05, 3.63) is 44.8 Å². The van der Waals surface area contributed by atoms with Crippen molar-refractivity contribution in [3.63, 3.8) is 0 Å². The van der Waals surface area contributed by atoms with Crippen LogP contribution in [0.3, 0.4) is 0 Å². The van der Waals surface area contributed by atoms with Crippen molar-refractivity contribution in [2.75, 3.05) is 17.7 Å². The van der Waals surface area contributed by atoms with E-state index in [1.165, 1.54) is 25.1 Å². The highest BCUT2D eigenvalue weighted by atomic mass is 35.5. The van der Waals surface area contributed by atoms with Gasteiger partial charge in [0, 0.05) is 7.05 Å². The van der Waals surface area contributed by atoms with E-state index in [1.807, 2.05) is 0 Å². The van der Waals surface area contributed by atoms with E-state index in [2.05, 4.69) is 20.6 Å². The third kappa shape index (κ3) is 3.00. The fourth-order valence-electron chi connectivity index (χ4n) is 1.71. The molecule has 1 heterocycles. The molecule has 0 spiro atoms. The maximum absolute atomic E-state index is 13.9. The number of nitro groups is 1. The Morgan fingerprint density at radius 2 is 2.10 bits per heavy atom. The maximum Gasteiger partial charge on any atom is 0.332 e. The number of halogens is 2. The molecule has 0 saturated heterocycles. The van der Waals surface area contributed by atoms with Crippen LogP contribution in [0.15, 0.2) is 18.2 Å². The van der Waals surface area contributed by atoms with E-state index in [-0.39, 0.29) is 33.9 Å². The normalized spacial score (nSPS) is 10.3. The second kappa shape index (κ2) is 5.88. The molecule has 0 unspecified atom stereocenters. The van der Waals surface area contributed by atoms with Crippen LogP contribution in [-0.2, 0) is 0 Å². The third-order valence-electron chi connectivity index (χ3n) is 2.67. The smallest absolute Gasteiger partial charge is 0.332 e. The van der Waals surface area contributed by atoms with Gasteiger partial charge in [0.25, 0.3) is 0 Å². The molecule has 0 atom stereocenters. The van der Waals surface area contributed by atoms with Crippen molar-refractivity contribution in [1.82, 2.24) is 9.97 Å². The predicted molar refractivity (Wildman–Crippen MR) is 77.7 cm³/mol. The Bertz CT molecular complexity index is 710. The van der Waals surface area contributed by atoms with Gasteiger partial charge in [-0.1, -0.05) is 17.7 Å². The number of nitrogens with one attached hydrogen (secondary N) is 2. The summed E-state index contributed by atoms with van der Waals surface area (Å²) >= 11 is 5.68. The summed E-state index contributed by atoms with van der Waals surface area (Å²) in [4.78, 5) is 18.4. The molecule has 110 valence electrons. The van der Waals surface area contributed by atoms with Gasteiger partial charge in [-0.25, -0.2) is 9.37 Å². The van der Waals surface area contributed by atoms with Crippen molar-refractivity contribution in [2.45, 2.75) is 6.92 Å². The molecule has 21 heavy (non-hydrogen) atoms. The van der Waals surface area contributed by atoms with Crippen molar-refractivity contribution in [1.29, 1.82) is 0 Å². The Kier molecular flexibility index (Phi) is 4.18. The quantitative estimate of drug-likeness (QED) is 0.665. The van der Waals surface area contributed by atoms with Crippen LogP contribution < -0.4 is 10.6 Å². The summed E-state index contributed by atoms with van der Waals surface area (Å²) < 4.78 is 13.9. The second-order valence-corrected chi connectivity index (χ2v) is 4.47. The molecule has 0 radical (unpaired) electrons. The van der Waals surface area contributed by atoms with Gasteiger partial charge in [-0.2, -0.15) is 4.98 Å². The van der Waals surface area contributed by atoms with Crippen molar-refractivity contribution in [3.8, 4) is 0 Å². The van der Waals surface area contributed by atoms with Gasteiger partial charge in [-0.3, -0.25) is 10.1 Å². The van der Waals surface area contributed by atoms with Crippen molar-refractivity contribution in [2.24, 2.45) is 0 Å². The van der Waals surface area contributed by atoms with Crippen molar-refractivity contribution >= 4 is 34.7 Å². The van der Waals surface area contributed by atoms with Gasteiger partial charge >= 0.3 is 5.69 Å². The highest BCUT2D eigenvalue weighted by Gasteiger charge is 2.23. The predicted octanol–water partition coefficient (Wildman–Crippen LogP) is 3.27. The molecule has 0 bridgehead atoms. The second-order valence-electron chi connectivity index (χ2n) is 4.06. The van der Waals surface area contributed by atoms with Crippen LogP contribution in [0.1, 0.15) is 5.69 Å². The number of nitrogens with zero attached hydrogens (tertiary/aromatic N) is 3. The van der Waals surface area contributed by atoms with E-state index in [0.29, 0.717) is 0 Å². The molecule has 7 nitrogen and oxygen atoms in total. The van der Waals surface area contributed by atoms with E-state index in [9.17, 15) is 14.5 Å². The molecule has 1 aromatic carbocycles. The molecule has 2 aromatic rings. The lowest BCUT2D eigenvalue weighted by molar-refractivity contribution is -0.385. The zero-order valence-corrected chi connectivity index (χ0v) is 11.9. The van der Waals surface area contributed by atoms with Crippen LogP contribution in [0, 0.1) is 22.9 Å². The van der Waals surface area contributed by atoms with Gasteiger partial charge in [0.05, 0.1) is 15.6 Å². The van der Waals surface area contributed by atoms with Gasteiger partial charge in [-0.15, -0.1) is 0 Å². The van der Waals surface area contributed by atoms with Gasteiger partial charge in [0.2, 0.25) is 11.8 Å². The minimum Gasteiger partial charge on any atom is -0.357 e. The zero-order valence-electron chi connectivity index (χ0n) is 11.1.